The van der Waals surface area contributed by atoms with Gasteiger partial charge >= 0.3 is 0 Å². The van der Waals surface area contributed by atoms with Crippen molar-refractivity contribution in [2.45, 2.75) is 25.4 Å². The molecular formula is C19H22N2O. The minimum absolute atomic E-state index is 0.192. The van der Waals surface area contributed by atoms with Crippen LogP contribution in [0.2, 0.25) is 0 Å². The second-order valence-corrected chi connectivity index (χ2v) is 6.03. The molecule has 3 rings (SSSR count). The normalized spacial score (nSPS) is 27.9. The molecule has 2 aromatic rings. The first-order chi connectivity index (χ1) is 10.7. The first kappa shape index (κ1) is 14.8. The van der Waals surface area contributed by atoms with Crippen LogP contribution in [-0.4, -0.2) is 22.9 Å². The number of piperidine rings is 1. The summed E-state index contributed by atoms with van der Waals surface area (Å²) in [6.45, 7) is 2.14. The first-order valence-corrected chi connectivity index (χ1v) is 7.75. The Morgan fingerprint density at radius 3 is 2.05 bits per heavy atom. The van der Waals surface area contributed by atoms with E-state index in [9.17, 15) is 5.21 Å². The zero-order valence-electron chi connectivity index (χ0n) is 13.1. The Labute approximate surface area is 131 Å². The lowest BCUT2D eigenvalue weighted by atomic mass is 9.80. The predicted octanol–water partition coefficient (Wildman–Crippen LogP) is 4.27. The number of rotatable bonds is 2. The summed E-state index contributed by atoms with van der Waals surface area (Å²) in [6, 6.07) is 21.4. The van der Waals surface area contributed by atoms with Crippen LogP contribution in [0.4, 0.5) is 0 Å². The van der Waals surface area contributed by atoms with Gasteiger partial charge in [-0.2, -0.15) is 0 Å². The largest absolute Gasteiger partial charge is 0.411 e. The van der Waals surface area contributed by atoms with E-state index in [1.165, 1.54) is 11.1 Å². The van der Waals surface area contributed by atoms with Crippen LogP contribution >= 0.6 is 0 Å². The van der Waals surface area contributed by atoms with E-state index in [2.05, 4.69) is 72.6 Å². The molecule has 1 saturated heterocycles. The number of nitrogens with zero attached hydrogens (tertiary/aromatic N) is 2. The highest BCUT2D eigenvalue weighted by Crippen LogP contribution is 2.42. The second-order valence-electron chi connectivity index (χ2n) is 6.03. The van der Waals surface area contributed by atoms with E-state index in [4.69, 9.17) is 0 Å². The molecular weight excluding hydrogens is 272 g/mol. The van der Waals surface area contributed by atoms with Crippen molar-refractivity contribution in [3.05, 3.63) is 71.8 Å². The molecule has 3 nitrogen and oxygen atoms in total. The van der Waals surface area contributed by atoms with Crippen LogP contribution in [-0.2, 0) is 0 Å². The van der Waals surface area contributed by atoms with Gasteiger partial charge in [0, 0.05) is 24.4 Å². The van der Waals surface area contributed by atoms with E-state index in [1.54, 1.807) is 0 Å². The van der Waals surface area contributed by atoms with Gasteiger partial charge in [0.15, 0.2) is 0 Å². The molecule has 0 saturated carbocycles. The fourth-order valence-corrected chi connectivity index (χ4v) is 3.59. The third-order valence-electron chi connectivity index (χ3n) is 4.79. The fourth-order valence-electron chi connectivity index (χ4n) is 3.59. The van der Waals surface area contributed by atoms with Crippen molar-refractivity contribution in [1.29, 1.82) is 0 Å². The summed E-state index contributed by atoms with van der Waals surface area (Å²) in [7, 11) is 2.17. The monoisotopic (exact) mass is 294 g/mol. The van der Waals surface area contributed by atoms with Gasteiger partial charge in [0.25, 0.3) is 0 Å². The minimum Gasteiger partial charge on any atom is -0.411 e. The van der Waals surface area contributed by atoms with Gasteiger partial charge in [-0.1, -0.05) is 72.7 Å². The Kier molecular flexibility index (Phi) is 4.25. The minimum atomic E-state index is 0.192. The van der Waals surface area contributed by atoms with Gasteiger partial charge in [-0.3, -0.25) is 4.90 Å². The highest BCUT2D eigenvalue weighted by atomic mass is 16.4. The maximum atomic E-state index is 9.45. The Balaban J connectivity index is 2.01. The van der Waals surface area contributed by atoms with Crippen molar-refractivity contribution in [2.75, 3.05) is 7.05 Å². The summed E-state index contributed by atoms with van der Waals surface area (Å²) in [5.41, 5.74) is 3.40. The zero-order valence-corrected chi connectivity index (χ0v) is 13.1. The van der Waals surface area contributed by atoms with E-state index in [0.717, 1.165) is 12.1 Å². The van der Waals surface area contributed by atoms with Gasteiger partial charge in [0.2, 0.25) is 0 Å². The number of oxime groups is 1. The Morgan fingerprint density at radius 1 is 0.955 bits per heavy atom. The van der Waals surface area contributed by atoms with Crippen molar-refractivity contribution in [1.82, 2.24) is 4.90 Å². The molecule has 3 heteroatoms. The number of benzene rings is 2. The smallest absolute Gasteiger partial charge is 0.0636 e. The maximum absolute atomic E-state index is 9.45. The molecule has 3 atom stereocenters. The van der Waals surface area contributed by atoms with Crippen LogP contribution in [0.15, 0.2) is 65.8 Å². The van der Waals surface area contributed by atoms with E-state index in [1.807, 2.05) is 12.1 Å². The molecule has 1 aliphatic heterocycles. The van der Waals surface area contributed by atoms with Crippen LogP contribution in [0.1, 0.15) is 36.6 Å². The molecule has 1 heterocycles. The Bertz CT molecular complexity index is 639. The Morgan fingerprint density at radius 2 is 1.50 bits per heavy atom. The average molecular weight is 294 g/mol. The van der Waals surface area contributed by atoms with Crippen LogP contribution in [0.25, 0.3) is 0 Å². The number of hydrogen-bond donors (Lipinski definition) is 1. The van der Waals surface area contributed by atoms with Gasteiger partial charge in [-0.05, 0) is 18.2 Å². The van der Waals surface area contributed by atoms with E-state index in [0.29, 0.717) is 0 Å². The number of hydrogen-bond acceptors (Lipinski definition) is 3. The molecule has 0 amide bonds. The van der Waals surface area contributed by atoms with Crippen LogP contribution in [0, 0.1) is 5.92 Å². The lowest BCUT2D eigenvalue weighted by molar-refractivity contribution is 0.128. The summed E-state index contributed by atoms with van der Waals surface area (Å²) in [4.78, 5) is 2.41. The molecule has 0 radical (unpaired) electrons. The molecule has 0 aromatic heterocycles. The molecule has 114 valence electrons. The van der Waals surface area contributed by atoms with Crippen LogP contribution in [0.3, 0.4) is 0 Å². The zero-order chi connectivity index (χ0) is 15.5. The standard InChI is InChI=1S/C19H22N2O/c1-14-17(20-22)13-18(15-9-5-3-6-10-15)21(2)19(14)16-11-7-4-8-12-16/h3-12,14,18-19,22H,13H2,1-2H3/b20-17+/t14-,18-,19-/m0/s1. The molecule has 1 aliphatic rings. The van der Waals surface area contributed by atoms with Gasteiger partial charge in [-0.25, -0.2) is 0 Å². The highest BCUT2D eigenvalue weighted by molar-refractivity contribution is 5.88. The summed E-state index contributed by atoms with van der Waals surface area (Å²) < 4.78 is 0. The molecule has 0 aliphatic carbocycles. The molecule has 1 N–H and O–H groups in total. The van der Waals surface area contributed by atoms with Gasteiger partial charge in [0.05, 0.1) is 5.71 Å². The van der Waals surface area contributed by atoms with Crippen molar-refractivity contribution < 1.29 is 5.21 Å². The second kappa shape index (κ2) is 6.32. The lowest BCUT2D eigenvalue weighted by Gasteiger charge is -2.44. The molecule has 2 aromatic carbocycles. The molecule has 0 spiro atoms. The SMILES string of the molecule is C[C@H]1/C(=N/O)C[C@@H](c2ccccc2)N(C)[C@@H]1c1ccccc1. The van der Waals surface area contributed by atoms with Crippen molar-refractivity contribution >= 4 is 5.71 Å². The predicted molar refractivity (Wildman–Crippen MR) is 89.1 cm³/mol. The number of likely N-dealkylation sites (tertiary alicyclic amines) is 1. The molecule has 0 unspecified atom stereocenters. The summed E-state index contributed by atoms with van der Waals surface area (Å²) in [5, 5.41) is 13.1. The molecule has 1 fully saturated rings. The van der Waals surface area contributed by atoms with E-state index < -0.39 is 0 Å². The third-order valence-corrected chi connectivity index (χ3v) is 4.79. The fraction of sp³-hybridized carbons (Fsp3) is 0.316. The van der Waals surface area contributed by atoms with E-state index in [-0.39, 0.29) is 18.0 Å². The first-order valence-electron chi connectivity index (χ1n) is 7.75. The lowest BCUT2D eigenvalue weighted by Crippen LogP contribution is -2.42. The van der Waals surface area contributed by atoms with Crippen molar-refractivity contribution in [3.63, 3.8) is 0 Å². The highest BCUT2D eigenvalue weighted by Gasteiger charge is 2.38. The molecule has 0 bridgehead atoms. The van der Waals surface area contributed by atoms with Crippen LogP contribution < -0.4 is 0 Å². The summed E-state index contributed by atoms with van der Waals surface area (Å²) in [6.07, 6.45) is 0.765. The summed E-state index contributed by atoms with van der Waals surface area (Å²) >= 11 is 0. The topological polar surface area (TPSA) is 35.8 Å². The molecule has 22 heavy (non-hydrogen) atoms. The average Bonchev–Trinajstić information content (AvgIpc) is 2.57. The van der Waals surface area contributed by atoms with Gasteiger partial charge in [0.1, 0.15) is 0 Å². The van der Waals surface area contributed by atoms with Crippen LogP contribution in [0.5, 0.6) is 0 Å². The maximum Gasteiger partial charge on any atom is 0.0636 e. The summed E-state index contributed by atoms with van der Waals surface area (Å²) in [5.74, 6) is 0.192. The Hall–Kier alpha value is -2.13. The third kappa shape index (κ3) is 2.64. The van der Waals surface area contributed by atoms with Gasteiger partial charge in [-0.15, -0.1) is 0 Å². The van der Waals surface area contributed by atoms with Crippen molar-refractivity contribution in [3.8, 4) is 0 Å². The quantitative estimate of drug-likeness (QED) is 0.663. The van der Waals surface area contributed by atoms with Crippen molar-refractivity contribution in [2.24, 2.45) is 11.1 Å². The van der Waals surface area contributed by atoms with Gasteiger partial charge < -0.3 is 5.21 Å². The van der Waals surface area contributed by atoms with E-state index >= 15 is 0 Å².